The highest BCUT2D eigenvalue weighted by atomic mass is 35.5. The molecule has 1 atom stereocenters. The highest BCUT2D eigenvalue weighted by Gasteiger charge is 2.31. The Morgan fingerprint density at radius 3 is 2.76 bits per heavy atom. The van der Waals surface area contributed by atoms with Crippen molar-refractivity contribution in [3.05, 3.63) is 83.5 Å². The van der Waals surface area contributed by atoms with E-state index in [0.29, 0.717) is 30.0 Å². The molecule has 186 valence electrons. The van der Waals surface area contributed by atoms with Gasteiger partial charge in [-0.05, 0) is 49.7 Å². The summed E-state index contributed by atoms with van der Waals surface area (Å²) in [5, 5.41) is 4.67. The Kier molecular flexibility index (Phi) is 6.18. The Hall–Kier alpha value is -4.04. The van der Waals surface area contributed by atoms with E-state index in [0.717, 1.165) is 52.2 Å². The van der Waals surface area contributed by atoms with Gasteiger partial charge in [0.15, 0.2) is 0 Å². The fourth-order valence-electron chi connectivity index (χ4n) is 4.78. The maximum absolute atomic E-state index is 13.7. The topological polar surface area (TPSA) is 77.8 Å². The number of anilines is 1. The first kappa shape index (κ1) is 23.4. The van der Waals surface area contributed by atoms with Gasteiger partial charge in [-0.15, -0.1) is 0 Å². The van der Waals surface area contributed by atoms with E-state index in [1.165, 1.54) is 12.1 Å². The van der Waals surface area contributed by atoms with E-state index in [4.69, 9.17) is 26.3 Å². The first-order valence-electron chi connectivity index (χ1n) is 12.2. The van der Waals surface area contributed by atoms with Crippen LogP contribution in [0.25, 0.3) is 33.5 Å². The van der Waals surface area contributed by atoms with Crippen molar-refractivity contribution in [3.63, 3.8) is 0 Å². The number of hydrogen-bond donors (Lipinski definition) is 1. The maximum Gasteiger partial charge on any atom is 0.223 e. The van der Waals surface area contributed by atoms with Crippen LogP contribution in [0.1, 0.15) is 25.2 Å². The van der Waals surface area contributed by atoms with Gasteiger partial charge in [-0.1, -0.05) is 29.8 Å². The number of ether oxygens (including phenoxy) is 1. The predicted molar refractivity (Wildman–Crippen MR) is 142 cm³/mol. The van der Waals surface area contributed by atoms with Crippen LogP contribution in [-0.2, 0) is 6.42 Å². The standard InChI is InChI=1S/C28H24ClFN6O/c1-2-31-28-32-14-13-23(34-28)27-26(17-7-9-18(30)10-8-17)35-24-12-11-19(36(24)27)16-37-25-15-21(29)20-5-3-4-6-22(20)33-25/h3-10,13-15,19H,2,11-12,16H2,1H3,(H,31,32,34). The van der Waals surface area contributed by atoms with Crippen LogP contribution in [0.3, 0.4) is 0 Å². The monoisotopic (exact) mass is 514 g/mol. The Balaban J connectivity index is 1.38. The first-order chi connectivity index (χ1) is 18.1. The number of nitrogens with one attached hydrogen (secondary N) is 1. The summed E-state index contributed by atoms with van der Waals surface area (Å²) >= 11 is 6.48. The molecule has 1 aliphatic heterocycles. The lowest BCUT2D eigenvalue weighted by Gasteiger charge is -2.18. The van der Waals surface area contributed by atoms with E-state index < -0.39 is 0 Å². The summed E-state index contributed by atoms with van der Waals surface area (Å²) in [6.07, 6.45) is 3.39. The van der Waals surface area contributed by atoms with Crippen molar-refractivity contribution < 1.29 is 9.13 Å². The van der Waals surface area contributed by atoms with Gasteiger partial charge in [-0.25, -0.2) is 24.3 Å². The van der Waals surface area contributed by atoms with E-state index in [2.05, 4.69) is 19.9 Å². The second-order valence-electron chi connectivity index (χ2n) is 8.86. The van der Waals surface area contributed by atoms with Gasteiger partial charge in [0.1, 0.15) is 18.2 Å². The summed E-state index contributed by atoms with van der Waals surface area (Å²) in [4.78, 5) is 18.7. The lowest BCUT2D eigenvalue weighted by molar-refractivity contribution is 0.248. The minimum atomic E-state index is -0.290. The molecule has 1 aliphatic rings. The number of hydrogen-bond acceptors (Lipinski definition) is 6. The van der Waals surface area contributed by atoms with Crippen LogP contribution in [0.2, 0.25) is 5.02 Å². The molecule has 6 rings (SSSR count). The van der Waals surface area contributed by atoms with Crippen LogP contribution < -0.4 is 10.1 Å². The molecule has 3 aromatic heterocycles. The molecule has 0 spiro atoms. The van der Waals surface area contributed by atoms with Crippen LogP contribution in [0, 0.1) is 5.82 Å². The molecular formula is C28H24ClFN6O. The Labute approximate surface area is 218 Å². The van der Waals surface area contributed by atoms with Crippen molar-refractivity contribution in [2.24, 2.45) is 0 Å². The fourth-order valence-corrected chi connectivity index (χ4v) is 5.04. The molecule has 9 heteroatoms. The number of imidazole rings is 1. The van der Waals surface area contributed by atoms with E-state index in [1.54, 1.807) is 24.4 Å². The van der Waals surface area contributed by atoms with E-state index in [-0.39, 0.29) is 11.9 Å². The van der Waals surface area contributed by atoms with Crippen molar-refractivity contribution in [2.45, 2.75) is 25.8 Å². The molecule has 0 fully saturated rings. The zero-order valence-corrected chi connectivity index (χ0v) is 20.9. The quantitative estimate of drug-likeness (QED) is 0.273. The number of aromatic nitrogens is 5. The minimum absolute atomic E-state index is 0.0105. The minimum Gasteiger partial charge on any atom is -0.475 e. The highest BCUT2D eigenvalue weighted by molar-refractivity contribution is 6.35. The summed E-state index contributed by atoms with van der Waals surface area (Å²) in [6, 6.07) is 17.7. The molecule has 1 N–H and O–H groups in total. The van der Waals surface area contributed by atoms with Crippen LogP contribution in [-0.4, -0.2) is 37.7 Å². The molecule has 7 nitrogen and oxygen atoms in total. The van der Waals surface area contributed by atoms with Crippen molar-refractivity contribution in [1.82, 2.24) is 24.5 Å². The molecular weight excluding hydrogens is 491 g/mol. The van der Waals surface area contributed by atoms with Crippen molar-refractivity contribution in [1.29, 1.82) is 0 Å². The highest BCUT2D eigenvalue weighted by Crippen LogP contribution is 2.39. The van der Waals surface area contributed by atoms with Gasteiger partial charge in [0, 0.05) is 36.2 Å². The lowest BCUT2D eigenvalue weighted by atomic mass is 10.1. The molecule has 0 aliphatic carbocycles. The molecule has 0 saturated carbocycles. The van der Waals surface area contributed by atoms with Gasteiger partial charge in [-0.3, -0.25) is 0 Å². The molecule has 0 saturated heterocycles. The third-order valence-electron chi connectivity index (χ3n) is 6.47. The third-order valence-corrected chi connectivity index (χ3v) is 6.78. The molecule has 2 aromatic carbocycles. The molecule has 1 unspecified atom stereocenters. The second kappa shape index (κ2) is 9.78. The van der Waals surface area contributed by atoms with E-state index in [9.17, 15) is 4.39 Å². The number of aryl methyl sites for hydroxylation is 1. The van der Waals surface area contributed by atoms with Crippen molar-refractivity contribution in [3.8, 4) is 28.5 Å². The van der Waals surface area contributed by atoms with Gasteiger partial charge in [0.05, 0.1) is 33.7 Å². The number of halogens is 2. The normalized spacial score (nSPS) is 14.6. The summed E-state index contributed by atoms with van der Waals surface area (Å²) < 4.78 is 22.1. The smallest absolute Gasteiger partial charge is 0.223 e. The summed E-state index contributed by atoms with van der Waals surface area (Å²) in [6.45, 7) is 3.10. The van der Waals surface area contributed by atoms with Gasteiger partial charge in [0.2, 0.25) is 11.8 Å². The van der Waals surface area contributed by atoms with Gasteiger partial charge in [0.25, 0.3) is 0 Å². The first-order valence-corrected chi connectivity index (χ1v) is 12.6. The largest absolute Gasteiger partial charge is 0.475 e. The summed E-state index contributed by atoms with van der Waals surface area (Å²) in [5.74, 6) is 1.67. The van der Waals surface area contributed by atoms with Gasteiger partial charge >= 0.3 is 0 Å². The molecule has 5 aromatic rings. The third kappa shape index (κ3) is 4.49. The molecule has 0 amide bonds. The van der Waals surface area contributed by atoms with Crippen molar-refractivity contribution in [2.75, 3.05) is 18.5 Å². The van der Waals surface area contributed by atoms with Crippen LogP contribution in [0.5, 0.6) is 5.88 Å². The Morgan fingerprint density at radius 1 is 1.08 bits per heavy atom. The summed E-state index contributed by atoms with van der Waals surface area (Å²) in [7, 11) is 0. The molecule has 0 radical (unpaired) electrons. The average Bonchev–Trinajstić information content (AvgIpc) is 3.48. The zero-order chi connectivity index (χ0) is 25.4. The van der Waals surface area contributed by atoms with E-state index >= 15 is 0 Å². The number of nitrogens with zero attached hydrogens (tertiary/aromatic N) is 5. The number of para-hydroxylation sites is 1. The van der Waals surface area contributed by atoms with Crippen LogP contribution in [0.15, 0.2) is 66.9 Å². The zero-order valence-electron chi connectivity index (χ0n) is 20.2. The van der Waals surface area contributed by atoms with Crippen LogP contribution in [0.4, 0.5) is 10.3 Å². The maximum atomic E-state index is 13.7. The Bertz CT molecular complexity index is 1590. The fraction of sp³-hybridized carbons (Fsp3) is 0.214. The number of fused-ring (bicyclic) bond motifs is 2. The SMILES string of the molecule is CCNc1nccc(-c2c(-c3ccc(F)cc3)nc3n2C(COc2cc(Cl)c4ccccc4n2)CC3)n1. The van der Waals surface area contributed by atoms with Crippen LogP contribution >= 0.6 is 11.6 Å². The van der Waals surface area contributed by atoms with Crippen molar-refractivity contribution >= 4 is 28.5 Å². The molecule has 37 heavy (non-hydrogen) atoms. The van der Waals surface area contributed by atoms with E-state index in [1.807, 2.05) is 37.3 Å². The number of rotatable bonds is 7. The average molecular weight is 515 g/mol. The van der Waals surface area contributed by atoms with Gasteiger partial charge < -0.3 is 14.6 Å². The molecule has 0 bridgehead atoms. The molecule has 4 heterocycles. The lowest BCUT2D eigenvalue weighted by Crippen LogP contribution is -2.16. The summed E-state index contributed by atoms with van der Waals surface area (Å²) in [5.41, 5.74) is 3.97. The number of benzene rings is 2. The van der Waals surface area contributed by atoms with Gasteiger partial charge in [-0.2, -0.15) is 0 Å². The Morgan fingerprint density at radius 2 is 1.92 bits per heavy atom. The predicted octanol–water partition coefficient (Wildman–Crippen LogP) is 6.35. The number of pyridine rings is 1. The second-order valence-corrected chi connectivity index (χ2v) is 9.27.